The molecule has 76 valence electrons. The molecule has 4 heteroatoms. The number of rotatable bonds is 2. The highest BCUT2D eigenvalue weighted by atomic mass is 32.1. The summed E-state index contributed by atoms with van der Waals surface area (Å²) in [4.78, 5) is 4.03. The minimum Gasteiger partial charge on any atom is -0.381 e. The number of nitrogens with one attached hydrogen (secondary N) is 1. The summed E-state index contributed by atoms with van der Waals surface area (Å²) in [7, 11) is 0. The van der Waals surface area contributed by atoms with Gasteiger partial charge >= 0.3 is 0 Å². The Labute approximate surface area is 94.8 Å². The van der Waals surface area contributed by atoms with Crippen molar-refractivity contribution in [2.75, 3.05) is 0 Å². The first-order valence-electron chi connectivity index (χ1n) is 4.63. The molecule has 0 aliphatic carbocycles. The van der Waals surface area contributed by atoms with Gasteiger partial charge in [-0.3, -0.25) is 0 Å². The average Bonchev–Trinajstić information content (AvgIpc) is 2.92. The molecular formula is C11H9NOS2. The van der Waals surface area contributed by atoms with Crippen LogP contribution in [0.4, 0.5) is 0 Å². The van der Waals surface area contributed by atoms with Gasteiger partial charge < -0.3 is 10.1 Å². The van der Waals surface area contributed by atoms with Crippen LogP contribution in [0.2, 0.25) is 0 Å². The summed E-state index contributed by atoms with van der Waals surface area (Å²) >= 11 is 3.36. The molecule has 0 fully saturated rings. The van der Waals surface area contributed by atoms with Crippen molar-refractivity contribution in [2.24, 2.45) is 0 Å². The van der Waals surface area contributed by atoms with E-state index in [2.05, 4.69) is 22.5 Å². The zero-order valence-corrected chi connectivity index (χ0v) is 9.44. The van der Waals surface area contributed by atoms with E-state index in [4.69, 9.17) is 0 Å². The Morgan fingerprint density at radius 2 is 2.20 bits per heavy atom. The van der Waals surface area contributed by atoms with Crippen LogP contribution < -0.4 is 0 Å². The number of hydrogen-bond acceptors (Lipinski definition) is 3. The van der Waals surface area contributed by atoms with Gasteiger partial charge in [0.1, 0.15) is 6.10 Å². The lowest BCUT2D eigenvalue weighted by atomic mass is 10.2. The summed E-state index contributed by atoms with van der Waals surface area (Å²) in [6, 6.07) is 7.96. The highest BCUT2D eigenvalue weighted by Gasteiger charge is 2.14. The van der Waals surface area contributed by atoms with Gasteiger partial charge in [-0.2, -0.15) is 0 Å². The number of H-pyrrole nitrogens is 1. The van der Waals surface area contributed by atoms with E-state index in [9.17, 15) is 5.11 Å². The lowest BCUT2D eigenvalue weighted by Gasteiger charge is -2.04. The van der Waals surface area contributed by atoms with Gasteiger partial charge in [0.25, 0.3) is 0 Å². The SMILES string of the molecule is OC(c1ccc[nH]1)c1cc2sccc2s1. The van der Waals surface area contributed by atoms with Crippen molar-refractivity contribution in [3.8, 4) is 0 Å². The molecule has 0 saturated carbocycles. The predicted molar refractivity (Wildman–Crippen MR) is 64.6 cm³/mol. The lowest BCUT2D eigenvalue weighted by Crippen LogP contribution is -1.96. The Morgan fingerprint density at radius 1 is 1.27 bits per heavy atom. The third-order valence-electron chi connectivity index (χ3n) is 2.34. The van der Waals surface area contributed by atoms with Crippen molar-refractivity contribution in [3.05, 3.63) is 46.4 Å². The van der Waals surface area contributed by atoms with Crippen molar-refractivity contribution in [3.63, 3.8) is 0 Å². The van der Waals surface area contributed by atoms with Crippen molar-refractivity contribution in [1.29, 1.82) is 0 Å². The van der Waals surface area contributed by atoms with Crippen LogP contribution >= 0.6 is 22.7 Å². The molecule has 3 heterocycles. The van der Waals surface area contributed by atoms with Crippen LogP contribution in [0.25, 0.3) is 9.40 Å². The molecular weight excluding hydrogens is 226 g/mol. The zero-order chi connectivity index (χ0) is 10.3. The van der Waals surface area contributed by atoms with Crippen molar-refractivity contribution in [1.82, 2.24) is 4.98 Å². The van der Waals surface area contributed by atoms with E-state index >= 15 is 0 Å². The summed E-state index contributed by atoms with van der Waals surface area (Å²) in [5, 5.41) is 12.2. The Bertz CT molecular complexity index is 536. The fraction of sp³-hybridized carbons (Fsp3) is 0.0909. The number of aliphatic hydroxyl groups is 1. The standard InChI is InChI=1S/C11H9NOS2/c13-11(7-2-1-4-12-7)10-6-9-8(15-10)3-5-14-9/h1-6,11-13H. The molecule has 15 heavy (non-hydrogen) atoms. The maximum atomic E-state index is 10.1. The maximum Gasteiger partial charge on any atom is 0.128 e. The smallest absolute Gasteiger partial charge is 0.128 e. The van der Waals surface area contributed by atoms with Crippen molar-refractivity contribution >= 4 is 32.1 Å². The molecule has 3 aromatic rings. The lowest BCUT2D eigenvalue weighted by molar-refractivity contribution is 0.220. The molecule has 2 N–H and O–H groups in total. The summed E-state index contributed by atoms with van der Waals surface area (Å²) < 4.78 is 2.50. The minimum atomic E-state index is -0.524. The van der Waals surface area contributed by atoms with E-state index in [1.54, 1.807) is 22.7 Å². The van der Waals surface area contributed by atoms with Crippen molar-refractivity contribution < 1.29 is 5.11 Å². The van der Waals surface area contributed by atoms with Crippen LogP contribution in [-0.2, 0) is 0 Å². The van der Waals surface area contributed by atoms with Crippen LogP contribution in [0.15, 0.2) is 35.8 Å². The zero-order valence-electron chi connectivity index (χ0n) is 7.81. The normalized spacial score (nSPS) is 13.4. The topological polar surface area (TPSA) is 36.0 Å². The van der Waals surface area contributed by atoms with Gasteiger partial charge in [0, 0.05) is 26.2 Å². The molecule has 0 saturated heterocycles. The summed E-state index contributed by atoms with van der Waals surface area (Å²) in [5.41, 5.74) is 0.851. The number of aliphatic hydroxyl groups excluding tert-OH is 1. The first-order chi connectivity index (χ1) is 7.34. The second kappa shape index (κ2) is 3.48. The molecule has 0 spiro atoms. The van der Waals surface area contributed by atoms with Crippen LogP contribution in [0.5, 0.6) is 0 Å². The molecule has 3 aromatic heterocycles. The van der Waals surface area contributed by atoms with E-state index in [-0.39, 0.29) is 0 Å². The van der Waals surface area contributed by atoms with E-state index < -0.39 is 6.10 Å². The highest BCUT2D eigenvalue weighted by Crippen LogP contribution is 2.35. The molecule has 0 amide bonds. The summed E-state index contributed by atoms with van der Waals surface area (Å²) in [6.45, 7) is 0. The van der Waals surface area contributed by atoms with Crippen LogP contribution in [-0.4, -0.2) is 10.1 Å². The molecule has 0 bridgehead atoms. The third-order valence-corrected chi connectivity index (χ3v) is 4.49. The Kier molecular flexibility index (Phi) is 2.12. The molecule has 0 aliphatic heterocycles. The Morgan fingerprint density at radius 3 is 2.93 bits per heavy atom. The van der Waals surface area contributed by atoms with E-state index in [0.29, 0.717) is 0 Å². The largest absolute Gasteiger partial charge is 0.381 e. The van der Waals surface area contributed by atoms with Crippen LogP contribution in [0.3, 0.4) is 0 Å². The monoisotopic (exact) mass is 235 g/mol. The molecule has 1 atom stereocenters. The Hall–Kier alpha value is -1.10. The number of hydrogen-bond donors (Lipinski definition) is 2. The number of fused-ring (bicyclic) bond motifs is 1. The predicted octanol–water partition coefficient (Wildman–Crippen LogP) is 3.37. The van der Waals surface area contributed by atoms with Gasteiger partial charge in [0.2, 0.25) is 0 Å². The molecule has 0 aliphatic rings. The first-order valence-corrected chi connectivity index (χ1v) is 6.32. The van der Waals surface area contributed by atoms with Crippen molar-refractivity contribution in [2.45, 2.75) is 6.10 Å². The second-order valence-electron chi connectivity index (χ2n) is 3.33. The van der Waals surface area contributed by atoms with E-state index in [1.165, 1.54) is 9.40 Å². The fourth-order valence-electron chi connectivity index (χ4n) is 1.59. The van der Waals surface area contributed by atoms with Gasteiger partial charge in [0.05, 0.1) is 0 Å². The fourth-order valence-corrected chi connectivity index (χ4v) is 3.71. The first kappa shape index (κ1) is 9.15. The molecule has 1 unspecified atom stereocenters. The highest BCUT2D eigenvalue weighted by molar-refractivity contribution is 7.26. The van der Waals surface area contributed by atoms with E-state index in [0.717, 1.165) is 10.6 Å². The van der Waals surface area contributed by atoms with Gasteiger partial charge in [-0.1, -0.05) is 0 Å². The van der Waals surface area contributed by atoms with Gasteiger partial charge in [-0.15, -0.1) is 22.7 Å². The van der Waals surface area contributed by atoms with Crippen LogP contribution in [0.1, 0.15) is 16.7 Å². The molecule has 3 rings (SSSR count). The van der Waals surface area contributed by atoms with Gasteiger partial charge in [0.15, 0.2) is 0 Å². The van der Waals surface area contributed by atoms with E-state index in [1.807, 2.05) is 18.3 Å². The summed E-state index contributed by atoms with van der Waals surface area (Å²) in [6.07, 6.45) is 1.30. The number of thiophene rings is 2. The quantitative estimate of drug-likeness (QED) is 0.702. The third kappa shape index (κ3) is 1.51. The van der Waals surface area contributed by atoms with Gasteiger partial charge in [-0.05, 0) is 29.6 Å². The number of aromatic amines is 1. The molecule has 0 aromatic carbocycles. The number of aromatic nitrogens is 1. The minimum absolute atomic E-state index is 0.524. The summed E-state index contributed by atoms with van der Waals surface area (Å²) in [5.74, 6) is 0. The average molecular weight is 235 g/mol. The second-order valence-corrected chi connectivity index (χ2v) is 5.39. The molecule has 0 radical (unpaired) electrons. The van der Waals surface area contributed by atoms with Crippen LogP contribution in [0, 0.1) is 0 Å². The molecule has 2 nitrogen and oxygen atoms in total. The Balaban J connectivity index is 2.03. The van der Waals surface area contributed by atoms with Gasteiger partial charge in [-0.25, -0.2) is 0 Å². The maximum absolute atomic E-state index is 10.1.